The summed E-state index contributed by atoms with van der Waals surface area (Å²) >= 11 is 0. The maximum Gasteiger partial charge on any atom is 0.189 e. The highest BCUT2D eigenvalue weighted by Crippen LogP contribution is 2.20. The van der Waals surface area contributed by atoms with Crippen molar-refractivity contribution in [2.24, 2.45) is 0 Å². The van der Waals surface area contributed by atoms with Crippen LogP contribution in [0.4, 0.5) is 0 Å². The largest absolute Gasteiger partial charge is 0.300 e. The van der Waals surface area contributed by atoms with E-state index in [1.165, 1.54) is 0 Å². The van der Waals surface area contributed by atoms with Gasteiger partial charge in [-0.25, -0.2) is 0 Å². The molecule has 0 amide bonds. The van der Waals surface area contributed by atoms with Crippen molar-refractivity contribution in [1.82, 2.24) is 0 Å². The van der Waals surface area contributed by atoms with E-state index < -0.39 is 0 Å². The monoisotopic (exact) mass is 171 g/mol. The summed E-state index contributed by atoms with van der Waals surface area (Å²) in [6.07, 6.45) is 1.62. The number of carbonyl (C=O) groups excluding carboxylic acids is 1. The van der Waals surface area contributed by atoms with E-state index in [1.54, 1.807) is 25.1 Å². The van der Waals surface area contributed by atoms with E-state index in [4.69, 9.17) is 5.41 Å². The number of carbonyl (C=O) groups is 1. The average molecular weight is 171 g/mol. The maximum atomic E-state index is 11.6. The van der Waals surface area contributed by atoms with Gasteiger partial charge in [0, 0.05) is 11.1 Å². The van der Waals surface area contributed by atoms with Gasteiger partial charge in [-0.1, -0.05) is 24.3 Å². The zero-order valence-corrected chi connectivity index (χ0v) is 7.29. The van der Waals surface area contributed by atoms with Gasteiger partial charge in [0.05, 0.1) is 5.71 Å². The van der Waals surface area contributed by atoms with E-state index in [2.05, 4.69) is 0 Å². The highest BCUT2D eigenvalue weighted by atomic mass is 16.1. The third kappa shape index (κ3) is 1.11. The molecule has 64 valence electrons. The third-order valence-electron chi connectivity index (χ3n) is 2.18. The van der Waals surface area contributed by atoms with Gasteiger partial charge in [-0.3, -0.25) is 4.79 Å². The van der Waals surface area contributed by atoms with Gasteiger partial charge in [0.15, 0.2) is 5.78 Å². The summed E-state index contributed by atoms with van der Waals surface area (Å²) in [4.78, 5) is 11.6. The van der Waals surface area contributed by atoms with Crippen LogP contribution in [0, 0.1) is 5.41 Å². The first-order chi connectivity index (χ1) is 6.20. The fourth-order valence-electron chi connectivity index (χ4n) is 1.49. The van der Waals surface area contributed by atoms with E-state index in [0.717, 1.165) is 5.56 Å². The summed E-state index contributed by atoms with van der Waals surface area (Å²) in [6.45, 7) is 1.74. The molecule has 0 heterocycles. The smallest absolute Gasteiger partial charge is 0.189 e. The second-order valence-electron chi connectivity index (χ2n) is 3.12. The minimum Gasteiger partial charge on any atom is -0.300 e. The molecule has 0 saturated carbocycles. The minimum atomic E-state index is 0.0339. The van der Waals surface area contributed by atoms with Crippen LogP contribution in [-0.2, 0) is 0 Å². The Balaban J connectivity index is 2.69. The van der Waals surface area contributed by atoms with Crippen molar-refractivity contribution in [2.75, 3.05) is 0 Å². The summed E-state index contributed by atoms with van der Waals surface area (Å²) < 4.78 is 0. The molecule has 0 saturated heterocycles. The van der Waals surface area contributed by atoms with Crippen molar-refractivity contribution in [3.8, 4) is 0 Å². The lowest BCUT2D eigenvalue weighted by atomic mass is 9.90. The fourth-order valence-corrected chi connectivity index (χ4v) is 1.49. The molecule has 0 aromatic heterocycles. The van der Waals surface area contributed by atoms with E-state index >= 15 is 0 Å². The van der Waals surface area contributed by atoms with Crippen LogP contribution in [0.3, 0.4) is 0 Å². The van der Waals surface area contributed by atoms with Crippen molar-refractivity contribution >= 4 is 11.5 Å². The second-order valence-corrected chi connectivity index (χ2v) is 3.12. The molecule has 1 aromatic rings. The van der Waals surface area contributed by atoms with Gasteiger partial charge < -0.3 is 5.41 Å². The van der Waals surface area contributed by atoms with Crippen LogP contribution in [0.2, 0.25) is 0 Å². The Kier molecular flexibility index (Phi) is 1.62. The highest BCUT2D eigenvalue weighted by molar-refractivity contribution is 6.25. The maximum absolute atomic E-state index is 11.6. The Morgan fingerprint density at radius 1 is 1.15 bits per heavy atom. The average Bonchev–Trinajstić information content (AvgIpc) is 2.15. The third-order valence-corrected chi connectivity index (χ3v) is 2.18. The van der Waals surface area contributed by atoms with Crippen molar-refractivity contribution in [3.05, 3.63) is 47.0 Å². The fraction of sp³-hybridized carbons (Fsp3) is 0.0909. The van der Waals surface area contributed by atoms with Crippen LogP contribution >= 0.6 is 0 Å². The molecule has 1 aliphatic rings. The van der Waals surface area contributed by atoms with Crippen LogP contribution in [-0.4, -0.2) is 11.5 Å². The molecule has 0 fully saturated rings. The molecular formula is C11H9NO. The number of ketones is 1. The zero-order chi connectivity index (χ0) is 9.42. The molecule has 0 atom stereocenters. The number of nitrogens with one attached hydrogen (secondary N) is 1. The molecule has 0 bridgehead atoms. The molecule has 2 rings (SSSR count). The molecule has 13 heavy (non-hydrogen) atoms. The number of Topliss-reactive ketones (excluding diaryl/α,β-unsaturated/α-hetero) is 1. The normalized spacial score (nSPS) is 15.3. The number of fused-ring (bicyclic) bond motifs is 1. The standard InChI is InChI=1S/C11H9NO/c1-7-6-10(12)8-4-2-3-5-9(8)11(7)13/h2-6,12H,1H3. The summed E-state index contributed by atoms with van der Waals surface area (Å²) in [5.41, 5.74) is 2.45. The molecule has 2 nitrogen and oxygen atoms in total. The van der Waals surface area contributed by atoms with E-state index in [0.29, 0.717) is 16.8 Å². The summed E-state index contributed by atoms with van der Waals surface area (Å²) in [5, 5.41) is 7.66. The first kappa shape index (κ1) is 7.92. The number of benzene rings is 1. The van der Waals surface area contributed by atoms with Gasteiger partial charge in [0.2, 0.25) is 0 Å². The van der Waals surface area contributed by atoms with Crippen molar-refractivity contribution in [1.29, 1.82) is 5.41 Å². The summed E-state index contributed by atoms with van der Waals surface area (Å²) in [6, 6.07) is 7.24. The number of rotatable bonds is 0. The molecule has 2 heteroatoms. The topological polar surface area (TPSA) is 40.9 Å². The Morgan fingerprint density at radius 2 is 1.77 bits per heavy atom. The van der Waals surface area contributed by atoms with Gasteiger partial charge in [0.25, 0.3) is 0 Å². The quantitative estimate of drug-likeness (QED) is 0.638. The first-order valence-electron chi connectivity index (χ1n) is 4.11. The Labute approximate surface area is 76.4 Å². The summed E-state index contributed by atoms with van der Waals surface area (Å²) in [5.74, 6) is 0.0339. The van der Waals surface area contributed by atoms with E-state index in [1.807, 2.05) is 12.1 Å². The Hall–Kier alpha value is -1.70. The molecule has 1 N–H and O–H groups in total. The van der Waals surface area contributed by atoms with Gasteiger partial charge in [-0.05, 0) is 18.6 Å². The molecule has 0 spiro atoms. The lowest BCUT2D eigenvalue weighted by Crippen LogP contribution is -2.14. The van der Waals surface area contributed by atoms with Crippen LogP contribution in [0.25, 0.3) is 0 Å². The van der Waals surface area contributed by atoms with Crippen molar-refractivity contribution < 1.29 is 4.79 Å². The van der Waals surface area contributed by atoms with Gasteiger partial charge in [0.1, 0.15) is 0 Å². The number of hydrogen-bond donors (Lipinski definition) is 1. The molecular weight excluding hydrogens is 162 g/mol. The van der Waals surface area contributed by atoms with Gasteiger partial charge >= 0.3 is 0 Å². The minimum absolute atomic E-state index is 0.0339. The van der Waals surface area contributed by atoms with Crippen LogP contribution in [0.15, 0.2) is 35.9 Å². The van der Waals surface area contributed by atoms with E-state index in [9.17, 15) is 4.79 Å². The molecule has 1 aromatic carbocycles. The number of allylic oxidation sites excluding steroid dienone is 2. The van der Waals surface area contributed by atoms with Crippen LogP contribution < -0.4 is 0 Å². The SMILES string of the molecule is CC1=CC(=N)c2ccccc2C1=O. The van der Waals surface area contributed by atoms with Crippen molar-refractivity contribution in [3.63, 3.8) is 0 Å². The second kappa shape index (κ2) is 2.66. The predicted octanol–water partition coefficient (Wildman–Crippen LogP) is 2.20. The molecule has 0 radical (unpaired) electrons. The predicted molar refractivity (Wildman–Crippen MR) is 51.4 cm³/mol. The zero-order valence-electron chi connectivity index (χ0n) is 7.29. The highest BCUT2D eigenvalue weighted by Gasteiger charge is 2.19. The van der Waals surface area contributed by atoms with Gasteiger partial charge in [-0.15, -0.1) is 0 Å². The lowest BCUT2D eigenvalue weighted by Gasteiger charge is -2.13. The molecule has 0 unspecified atom stereocenters. The Morgan fingerprint density at radius 3 is 2.46 bits per heavy atom. The van der Waals surface area contributed by atoms with Gasteiger partial charge in [-0.2, -0.15) is 0 Å². The van der Waals surface area contributed by atoms with Crippen LogP contribution in [0.5, 0.6) is 0 Å². The lowest BCUT2D eigenvalue weighted by molar-refractivity contribution is 0.103. The van der Waals surface area contributed by atoms with E-state index in [-0.39, 0.29) is 5.78 Å². The first-order valence-corrected chi connectivity index (χ1v) is 4.11. The Bertz CT molecular complexity index is 429. The number of hydrogen-bond acceptors (Lipinski definition) is 2. The molecule has 0 aliphatic heterocycles. The summed E-state index contributed by atoms with van der Waals surface area (Å²) in [7, 11) is 0. The van der Waals surface area contributed by atoms with Crippen molar-refractivity contribution in [2.45, 2.75) is 6.92 Å². The molecule has 1 aliphatic carbocycles. The van der Waals surface area contributed by atoms with Crippen LogP contribution in [0.1, 0.15) is 22.8 Å².